The molecule has 3 saturated heterocycles. The first-order chi connectivity index (χ1) is 12.0. The third-order valence-corrected chi connectivity index (χ3v) is 4.28. The van der Waals surface area contributed by atoms with Gasteiger partial charge in [-0.2, -0.15) is 0 Å². The van der Waals surface area contributed by atoms with Crippen LogP contribution in [0.4, 0.5) is 0 Å². The Bertz CT molecular complexity index is 645. The van der Waals surface area contributed by atoms with Gasteiger partial charge in [0.15, 0.2) is 0 Å². The van der Waals surface area contributed by atoms with Crippen molar-refractivity contribution in [3.8, 4) is 0 Å². The number of nitrogens with zero attached hydrogens (tertiary/aromatic N) is 4. The monoisotopic (exact) mass is 349 g/mol. The summed E-state index contributed by atoms with van der Waals surface area (Å²) in [5.41, 5.74) is 6.98. The van der Waals surface area contributed by atoms with Crippen LogP contribution < -0.4 is 5.73 Å². The Balaban J connectivity index is 0.000000197. The molecule has 0 radical (unpaired) electrons. The molecule has 2 N–H and O–H groups in total. The number of hydrogen-bond donors (Lipinski definition) is 1. The molecule has 3 heterocycles. The van der Waals surface area contributed by atoms with Crippen LogP contribution in [0.15, 0.2) is 23.2 Å². The second-order valence-corrected chi connectivity index (χ2v) is 6.43. The molecule has 3 aliphatic heterocycles. The lowest BCUT2D eigenvalue weighted by Crippen LogP contribution is -2.29. The van der Waals surface area contributed by atoms with Gasteiger partial charge in [-0.05, 0) is 13.0 Å². The van der Waals surface area contributed by atoms with Crippen molar-refractivity contribution >= 4 is 11.6 Å². The van der Waals surface area contributed by atoms with Crippen molar-refractivity contribution in [1.82, 2.24) is 14.7 Å². The fourth-order valence-corrected chi connectivity index (χ4v) is 2.66. The average Bonchev–Trinajstić information content (AvgIpc) is 3.40. The van der Waals surface area contributed by atoms with E-state index in [2.05, 4.69) is 0 Å². The van der Waals surface area contributed by atoms with Crippen molar-refractivity contribution in [3.05, 3.63) is 33.3 Å². The summed E-state index contributed by atoms with van der Waals surface area (Å²) in [4.78, 5) is 39.8. The van der Waals surface area contributed by atoms with E-state index in [4.69, 9.17) is 5.73 Å². The highest BCUT2D eigenvalue weighted by Crippen LogP contribution is 2.33. The third kappa shape index (κ3) is 4.36. The molecule has 0 bridgehead atoms. The number of ketones is 2. The van der Waals surface area contributed by atoms with Gasteiger partial charge in [0.2, 0.25) is 18.1 Å². The van der Waals surface area contributed by atoms with Gasteiger partial charge in [0, 0.05) is 56.7 Å². The van der Waals surface area contributed by atoms with Gasteiger partial charge in [0.1, 0.15) is 11.4 Å². The first-order valence-corrected chi connectivity index (χ1v) is 8.64. The van der Waals surface area contributed by atoms with E-state index in [1.165, 1.54) is 6.08 Å². The molecule has 1 aliphatic carbocycles. The van der Waals surface area contributed by atoms with Gasteiger partial charge in [-0.1, -0.05) is 0 Å². The van der Waals surface area contributed by atoms with Crippen LogP contribution in [0.2, 0.25) is 0 Å². The fourth-order valence-electron chi connectivity index (χ4n) is 2.66. The molecule has 0 aromatic heterocycles. The first-order valence-electron chi connectivity index (χ1n) is 8.64. The molecule has 0 aromatic carbocycles. The SMILES string of the molecule is NCCCC[N+](=O)[O-].O=C1C=C(N2CC2)C(=O)C(N2CC2)=C1N1CC1. The van der Waals surface area contributed by atoms with Crippen LogP contribution in [-0.4, -0.2) is 83.5 Å². The zero-order chi connectivity index (χ0) is 18.0. The topological polar surface area (TPSA) is 112 Å². The lowest BCUT2D eigenvalue weighted by Gasteiger charge is -2.21. The Kier molecular flexibility index (Phi) is 5.03. The Morgan fingerprint density at radius 2 is 1.52 bits per heavy atom. The Morgan fingerprint density at radius 3 is 2.00 bits per heavy atom. The Labute approximate surface area is 145 Å². The Morgan fingerprint density at radius 1 is 0.960 bits per heavy atom. The van der Waals surface area contributed by atoms with E-state index < -0.39 is 0 Å². The zero-order valence-corrected chi connectivity index (χ0v) is 14.1. The molecule has 3 fully saturated rings. The number of allylic oxidation sites excluding steroid dienone is 1. The van der Waals surface area contributed by atoms with E-state index in [9.17, 15) is 19.7 Å². The van der Waals surface area contributed by atoms with E-state index >= 15 is 0 Å². The van der Waals surface area contributed by atoms with Crippen LogP contribution in [0.3, 0.4) is 0 Å². The van der Waals surface area contributed by atoms with E-state index in [1.807, 2.05) is 14.7 Å². The smallest absolute Gasteiger partial charge is 0.227 e. The molecule has 0 aromatic rings. The summed E-state index contributed by atoms with van der Waals surface area (Å²) in [5, 5.41) is 9.64. The number of carbonyl (C=O) groups is 2. The quantitative estimate of drug-likeness (QED) is 0.209. The maximum Gasteiger partial charge on any atom is 0.227 e. The second kappa shape index (κ2) is 7.22. The van der Waals surface area contributed by atoms with Crippen LogP contribution in [-0.2, 0) is 9.59 Å². The van der Waals surface area contributed by atoms with Crippen LogP contribution in [0.1, 0.15) is 12.8 Å². The lowest BCUT2D eigenvalue weighted by molar-refractivity contribution is -0.480. The number of nitrogens with two attached hydrogens (primary N) is 1. The molecule has 0 amide bonds. The van der Waals surface area contributed by atoms with Crippen molar-refractivity contribution in [2.45, 2.75) is 12.8 Å². The van der Waals surface area contributed by atoms with Gasteiger partial charge < -0.3 is 20.4 Å². The van der Waals surface area contributed by atoms with Crippen molar-refractivity contribution in [2.24, 2.45) is 5.73 Å². The van der Waals surface area contributed by atoms with E-state index in [0.29, 0.717) is 30.1 Å². The number of rotatable bonds is 7. The van der Waals surface area contributed by atoms with Crippen LogP contribution in [0, 0.1) is 10.1 Å². The minimum absolute atomic E-state index is 0.00546. The molecule has 4 rings (SSSR count). The van der Waals surface area contributed by atoms with E-state index in [0.717, 1.165) is 45.7 Å². The van der Waals surface area contributed by atoms with Crippen LogP contribution >= 0.6 is 0 Å². The van der Waals surface area contributed by atoms with Crippen molar-refractivity contribution in [1.29, 1.82) is 0 Å². The molecule has 0 spiro atoms. The summed E-state index contributed by atoms with van der Waals surface area (Å²) in [6.45, 7) is 6.01. The molecule has 9 nitrogen and oxygen atoms in total. The van der Waals surface area contributed by atoms with E-state index in [1.54, 1.807) is 0 Å². The third-order valence-electron chi connectivity index (χ3n) is 4.28. The second-order valence-electron chi connectivity index (χ2n) is 6.43. The highest BCUT2D eigenvalue weighted by Gasteiger charge is 2.43. The molecule has 25 heavy (non-hydrogen) atoms. The maximum atomic E-state index is 12.4. The number of carbonyl (C=O) groups excluding carboxylic acids is 2. The molecule has 9 heteroatoms. The molecule has 4 aliphatic rings. The lowest BCUT2D eigenvalue weighted by atomic mass is 10.0. The predicted molar refractivity (Wildman–Crippen MR) is 90.0 cm³/mol. The molecule has 0 atom stereocenters. The predicted octanol–water partition coefficient (Wildman–Crippen LogP) is -0.817. The van der Waals surface area contributed by atoms with Gasteiger partial charge in [-0.25, -0.2) is 0 Å². The summed E-state index contributed by atoms with van der Waals surface area (Å²) < 4.78 is 0. The van der Waals surface area contributed by atoms with Gasteiger partial charge in [-0.15, -0.1) is 0 Å². The average molecular weight is 349 g/mol. The van der Waals surface area contributed by atoms with Gasteiger partial charge >= 0.3 is 0 Å². The molecular formula is C16H23N5O4. The maximum absolute atomic E-state index is 12.4. The summed E-state index contributed by atoms with van der Waals surface area (Å²) in [6, 6.07) is 0. The molecule has 136 valence electrons. The normalized spacial score (nSPS) is 21.0. The van der Waals surface area contributed by atoms with Crippen LogP contribution in [0.5, 0.6) is 0 Å². The number of hydrogen-bond acceptors (Lipinski definition) is 8. The first kappa shape index (κ1) is 17.4. The molecule has 0 saturated carbocycles. The Hall–Kier alpha value is -2.42. The molecular weight excluding hydrogens is 326 g/mol. The fraction of sp³-hybridized carbons (Fsp3) is 0.625. The van der Waals surface area contributed by atoms with Gasteiger partial charge in [0.25, 0.3) is 0 Å². The van der Waals surface area contributed by atoms with Crippen molar-refractivity contribution in [2.75, 3.05) is 52.4 Å². The highest BCUT2D eigenvalue weighted by molar-refractivity contribution is 6.22. The number of Topliss-reactive ketones (excluding diaryl/α,β-unsaturated/α-hetero) is 1. The van der Waals surface area contributed by atoms with Crippen LogP contribution in [0.25, 0.3) is 0 Å². The van der Waals surface area contributed by atoms with Gasteiger partial charge in [0.05, 0.1) is 5.70 Å². The summed E-state index contributed by atoms with van der Waals surface area (Å²) in [5.74, 6) is 0.0485. The minimum atomic E-state index is -0.324. The zero-order valence-electron chi connectivity index (χ0n) is 14.1. The largest absolute Gasteiger partial charge is 0.365 e. The summed E-state index contributed by atoms with van der Waals surface area (Å²) >= 11 is 0. The molecule has 0 unspecified atom stereocenters. The number of unbranched alkanes of at least 4 members (excludes halogenated alkanes) is 1. The standard InChI is InChI=1S/C12H13N3O2.C4H10N2O2/c16-9-7-8(13-1-2-13)12(17)11(15-5-6-15)10(9)14-3-4-14;5-3-1-2-4-6(7)8/h7H,1-6H2;1-5H2. The van der Waals surface area contributed by atoms with Gasteiger partial charge in [-0.3, -0.25) is 19.7 Å². The van der Waals surface area contributed by atoms with Crippen molar-refractivity contribution in [3.63, 3.8) is 0 Å². The summed E-state index contributed by atoms with van der Waals surface area (Å²) in [6.07, 6.45) is 2.88. The highest BCUT2D eigenvalue weighted by atomic mass is 16.6. The summed E-state index contributed by atoms with van der Waals surface area (Å²) in [7, 11) is 0. The van der Waals surface area contributed by atoms with Crippen molar-refractivity contribution < 1.29 is 14.5 Å². The van der Waals surface area contributed by atoms with E-state index in [-0.39, 0.29) is 23.0 Å². The minimum Gasteiger partial charge on any atom is -0.365 e. The number of nitro groups is 1.